The van der Waals surface area contributed by atoms with Crippen molar-refractivity contribution in [3.8, 4) is 0 Å². The van der Waals surface area contributed by atoms with E-state index in [9.17, 15) is 9.59 Å². The predicted octanol–water partition coefficient (Wildman–Crippen LogP) is 3.51. The normalized spacial score (nSPS) is 14.9. The zero-order valence-electron chi connectivity index (χ0n) is 14.4. The van der Waals surface area contributed by atoms with Crippen LogP contribution >= 0.6 is 0 Å². The molecule has 0 aliphatic carbocycles. The summed E-state index contributed by atoms with van der Waals surface area (Å²) in [5, 5.41) is 0. The molecule has 0 radical (unpaired) electrons. The number of anilines is 1. The summed E-state index contributed by atoms with van der Waals surface area (Å²) in [4.78, 5) is 27.9. The number of Topliss-reactive ketones (excluding diaryl/α,β-unsaturated/α-hetero) is 1. The molecule has 0 bridgehead atoms. The van der Waals surface area contributed by atoms with E-state index in [0.717, 1.165) is 50.3 Å². The summed E-state index contributed by atoms with van der Waals surface area (Å²) in [6, 6.07) is 7.76. The van der Waals surface area contributed by atoms with Gasteiger partial charge in [0, 0.05) is 43.9 Å². The highest BCUT2D eigenvalue weighted by atomic mass is 16.2. The van der Waals surface area contributed by atoms with Crippen LogP contribution in [0.4, 0.5) is 5.69 Å². The first-order valence-corrected chi connectivity index (χ1v) is 8.75. The van der Waals surface area contributed by atoms with Gasteiger partial charge in [-0.05, 0) is 25.5 Å². The van der Waals surface area contributed by atoms with Gasteiger partial charge in [-0.25, -0.2) is 0 Å². The van der Waals surface area contributed by atoms with Gasteiger partial charge in [0.25, 0.3) is 0 Å². The molecule has 0 spiro atoms. The minimum atomic E-state index is 0.0905. The maximum absolute atomic E-state index is 12.2. The van der Waals surface area contributed by atoms with Crippen molar-refractivity contribution in [1.82, 2.24) is 4.90 Å². The minimum Gasteiger partial charge on any atom is -0.368 e. The largest absolute Gasteiger partial charge is 0.368 e. The number of amides is 1. The van der Waals surface area contributed by atoms with Crippen LogP contribution in [0.25, 0.3) is 0 Å². The Kier molecular flexibility index (Phi) is 6.63. The van der Waals surface area contributed by atoms with Crippen molar-refractivity contribution in [3.05, 3.63) is 29.8 Å². The molecular weight excluding hydrogens is 288 g/mol. The second-order valence-electron chi connectivity index (χ2n) is 6.29. The van der Waals surface area contributed by atoms with E-state index < -0.39 is 0 Å². The number of ketones is 1. The zero-order valence-corrected chi connectivity index (χ0v) is 14.4. The quantitative estimate of drug-likeness (QED) is 0.571. The molecule has 0 saturated carbocycles. The number of benzene rings is 1. The molecule has 1 fully saturated rings. The van der Waals surface area contributed by atoms with Crippen LogP contribution in [-0.2, 0) is 4.79 Å². The van der Waals surface area contributed by atoms with Crippen molar-refractivity contribution in [1.29, 1.82) is 0 Å². The van der Waals surface area contributed by atoms with Crippen molar-refractivity contribution >= 4 is 17.4 Å². The zero-order chi connectivity index (χ0) is 16.7. The van der Waals surface area contributed by atoms with Crippen LogP contribution in [-0.4, -0.2) is 42.8 Å². The van der Waals surface area contributed by atoms with Crippen LogP contribution in [0.5, 0.6) is 0 Å². The number of rotatable bonds is 7. The summed E-state index contributed by atoms with van der Waals surface area (Å²) in [6.45, 7) is 6.99. The van der Waals surface area contributed by atoms with Crippen LogP contribution < -0.4 is 4.90 Å². The van der Waals surface area contributed by atoms with Crippen LogP contribution in [0.1, 0.15) is 56.3 Å². The van der Waals surface area contributed by atoms with Gasteiger partial charge in [-0.2, -0.15) is 0 Å². The van der Waals surface area contributed by atoms with Crippen molar-refractivity contribution in [2.45, 2.75) is 46.0 Å². The van der Waals surface area contributed by atoms with Gasteiger partial charge in [0.2, 0.25) is 5.91 Å². The minimum absolute atomic E-state index is 0.0905. The maximum Gasteiger partial charge on any atom is 0.222 e. The molecule has 0 aromatic heterocycles. The Balaban J connectivity index is 1.82. The van der Waals surface area contributed by atoms with Crippen LogP contribution in [0.2, 0.25) is 0 Å². The van der Waals surface area contributed by atoms with Crippen molar-refractivity contribution in [3.63, 3.8) is 0 Å². The molecule has 1 aromatic rings. The highest BCUT2D eigenvalue weighted by Crippen LogP contribution is 2.19. The lowest BCUT2D eigenvalue weighted by Crippen LogP contribution is -2.48. The fraction of sp³-hybridized carbons (Fsp3) is 0.579. The predicted molar refractivity (Wildman–Crippen MR) is 94.0 cm³/mol. The second-order valence-corrected chi connectivity index (χ2v) is 6.29. The lowest BCUT2D eigenvalue weighted by Gasteiger charge is -2.36. The highest BCUT2D eigenvalue weighted by molar-refractivity contribution is 5.95. The maximum atomic E-state index is 12.2. The summed E-state index contributed by atoms with van der Waals surface area (Å²) in [5.74, 6) is 0.381. The Bertz CT molecular complexity index is 534. The van der Waals surface area contributed by atoms with Gasteiger partial charge in [-0.1, -0.05) is 38.3 Å². The molecule has 4 nitrogen and oxygen atoms in total. The third kappa shape index (κ3) is 5.08. The van der Waals surface area contributed by atoms with Gasteiger partial charge in [-0.15, -0.1) is 0 Å². The molecule has 4 heteroatoms. The van der Waals surface area contributed by atoms with Crippen LogP contribution in [0.3, 0.4) is 0 Å². The van der Waals surface area contributed by atoms with E-state index in [1.807, 2.05) is 29.2 Å². The Labute approximate surface area is 139 Å². The average molecular weight is 316 g/mol. The fourth-order valence-electron chi connectivity index (χ4n) is 3.00. The average Bonchev–Trinajstić information content (AvgIpc) is 2.59. The molecule has 1 aliphatic rings. The third-order valence-electron chi connectivity index (χ3n) is 4.49. The number of carbonyl (C=O) groups excluding carboxylic acids is 2. The molecule has 1 amide bonds. The van der Waals surface area contributed by atoms with E-state index in [2.05, 4.69) is 11.8 Å². The Hall–Kier alpha value is -1.84. The van der Waals surface area contributed by atoms with Crippen molar-refractivity contribution in [2.24, 2.45) is 0 Å². The summed E-state index contributed by atoms with van der Waals surface area (Å²) in [5.41, 5.74) is 1.82. The van der Waals surface area contributed by atoms with Crippen LogP contribution in [0.15, 0.2) is 24.3 Å². The molecule has 126 valence electrons. The molecule has 0 N–H and O–H groups in total. The lowest BCUT2D eigenvalue weighted by molar-refractivity contribution is -0.131. The van der Waals surface area contributed by atoms with Gasteiger partial charge in [-0.3, -0.25) is 9.59 Å². The van der Waals surface area contributed by atoms with Crippen LogP contribution in [0, 0.1) is 0 Å². The molecule has 2 rings (SSSR count). The van der Waals surface area contributed by atoms with E-state index in [4.69, 9.17) is 0 Å². The number of nitrogens with zero attached hydrogens (tertiary/aromatic N) is 2. The molecule has 1 heterocycles. The molecule has 1 saturated heterocycles. The van der Waals surface area contributed by atoms with E-state index in [1.54, 1.807) is 6.92 Å². The van der Waals surface area contributed by atoms with Gasteiger partial charge in [0.05, 0.1) is 0 Å². The second kappa shape index (κ2) is 8.70. The molecule has 0 atom stereocenters. The van der Waals surface area contributed by atoms with E-state index in [1.165, 1.54) is 12.8 Å². The summed E-state index contributed by atoms with van der Waals surface area (Å²) >= 11 is 0. The Morgan fingerprint density at radius 2 is 1.78 bits per heavy atom. The monoisotopic (exact) mass is 316 g/mol. The van der Waals surface area contributed by atoms with Gasteiger partial charge >= 0.3 is 0 Å². The highest BCUT2D eigenvalue weighted by Gasteiger charge is 2.21. The molecule has 1 aromatic carbocycles. The molecule has 23 heavy (non-hydrogen) atoms. The lowest BCUT2D eigenvalue weighted by atomic mass is 10.1. The third-order valence-corrected chi connectivity index (χ3v) is 4.49. The first kappa shape index (κ1) is 17.5. The van der Waals surface area contributed by atoms with Gasteiger partial charge in [0.15, 0.2) is 5.78 Å². The molecule has 0 unspecified atom stereocenters. The smallest absolute Gasteiger partial charge is 0.222 e. The first-order valence-electron chi connectivity index (χ1n) is 8.75. The summed E-state index contributed by atoms with van der Waals surface area (Å²) < 4.78 is 0. The summed E-state index contributed by atoms with van der Waals surface area (Å²) in [7, 11) is 0. The fourth-order valence-corrected chi connectivity index (χ4v) is 3.00. The summed E-state index contributed by atoms with van der Waals surface area (Å²) in [6.07, 6.45) is 5.26. The Morgan fingerprint density at radius 1 is 1.04 bits per heavy atom. The number of hydrogen-bond donors (Lipinski definition) is 0. The van der Waals surface area contributed by atoms with Crippen molar-refractivity contribution < 1.29 is 9.59 Å². The number of piperazine rings is 1. The number of carbonyl (C=O) groups is 2. The SMILES string of the molecule is CCCCCCC(=O)N1CCN(c2cccc(C(C)=O)c2)CC1. The number of hydrogen-bond acceptors (Lipinski definition) is 3. The van der Waals surface area contributed by atoms with Gasteiger partial charge in [0.1, 0.15) is 0 Å². The van der Waals surface area contributed by atoms with E-state index in [-0.39, 0.29) is 5.78 Å². The first-order chi connectivity index (χ1) is 11.1. The van der Waals surface area contributed by atoms with E-state index in [0.29, 0.717) is 12.3 Å². The van der Waals surface area contributed by atoms with Crippen molar-refractivity contribution in [2.75, 3.05) is 31.1 Å². The topological polar surface area (TPSA) is 40.6 Å². The Morgan fingerprint density at radius 3 is 2.43 bits per heavy atom. The van der Waals surface area contributed by atoms with E-state index >= 15 is 0 Å². The standard InChI is InChI=1S/C19H28N2O2/c1-3-4-5-6-10-19(23)21-13-11-20(12-14-21)18-9-7-8-17(15-18)16(2)22/h7-9,15H,3-6,10-14H2,1-2H3. The molecular formula is C19H28N2O2. The molecule has 1 aliphatic heterocycles. The van der Waals surface area contributed by atoms with Gasteiger partial charge < -0.3 is 9.80 Å². The number of unbranched alkanes of at least 4 members (excludes halogenated alkanes) is 3.